The summed E-state index contributed by atoms with van der Waals surface area (Å²) in [6.07, 6.45) is 4.66. The van der Waals surface area contributed by atoms with Crippen LogP contribution in [0.4, 0.5) is 0 Å². The van der Waals surface area contributed by atoms with Gasteiger partial charge in [0, 0.05) is 29.8 Å². The molecular weight excluding hydrogens is 288 g/mol. The maximum Gasteiger partial charge on any atom is 0.233 e. The molecule has 114 valence electrons. The van der Waals surface area contributed by atoms with Crippen molar-refractivity contribution in [3.63, 3.8) is 0 Å². The van der Waals surface area contributed by atoms with Crippen LogP contribution >= 0.6 is 10.7 Å². The zero-order valence-corrected chi connectivity index (χ0v) is 13.6. The minimum Gasteiger partial charge on any atom is -0.381 e. The summed E-state index contributed by atoms with van der Waals surface area (Å²) in [7, 11) is 3.62. The van der Waals surface area contributed by atoms with E-state index in [-0.39, 0.29) is 16.8 Å². The van der Waals surface area contributed by atoms with E-state index in [9.17, 15) is 8.42 Å². The molecule has 1 fully saturated rings. The first-order valence-electron chi connectivity index (χ1n) is 6.73. The first kappa shape index (κ1) is 17.2. The molecule has 0 aromatic heterocycles. The zero-order chi connectivity index (χ0) is 14.6. The molecule has 0 atom stereocenters. The van der Waals surface area contributed by atoms with E-state index in [0.717, 1.165) is 32.1 Å². The normalized spacial score (nSPS) is 19.8. The van der Waals surface area contributed by atoms with Crippen LogP contribution in [-0.2, 0) is 18.5 Å². The van der Waals surface area contributed by atoms with Gasteiger partial charge in [-0.3, -0.25) is 0 Å². The van der Waals surface area contributed by atoms with E-state index in [1.165, 1.54) is 0 Å². The minimum absolute atomic E-state index is 0.0230. The van der Waals surface area contributed by atoms with Crippen molar-refractivity contribution in [1.29, 1.82) is 0 Å². The fraction of sp³-hybridized carbons (Fsp3) is 1.00. The van der Waals surface area contributed by atoms with Crippen LogP contribution in [0.25, 0.3) is 0 Å². The predicted molar refractivity (Wildman–Crippen MR) is 77.1 cm³/mol. The highest BCUT2D eigenvalue weighted by Gasteiger charge is 2.38. The summed E-state index contributed by atoms with van der Waals surface area (Å²) < 4.78 is 33.7. The van der Waals surface area contributed by atoms with Crippen molar-refractivity contribution in [2.75, 3.05) is 26.1 Å². The molecule has 0 aromatic carbocycles. The summed E-state index contributed by atoms with van der Waals surface area (Å²) in [6.45, 7) is 5.06. The molecule has 0 aromatic rings. The number of hydrogen-bond acceptors (Lipinski definition) is 4. The first-order chi connectivity index (χ1) is 8.68. The Hall–Kier alpha value is 0.160. The molecule has 0 bridgehead atoms. The maximum atomic E-state index is 11.3. The molecule has 19 heavy (non-hydrogen) atoms. The highest BCUT2D eigenvalue weighted by atomic mass is 35.7. The van der Waals surface area contributed by atoms with Crippen LogP contribution < -0.4 is 0 Å². The molecule has 0 unspecified atom stereocenters. The van der Waals surface area contributed by atoms with Gasteiger partial charge in [-0.1, -0.05) is 12.8 Å². The SMILES string of the molecule is COC(C)(C)CCOCC1(CS(=O)(=O)Cl)CCCC1. The fourth-order valence-corrected chi connectivity index (χ4v) is 4.33. The highest BCUT2D eigenvalue weighted by molar-refractivity contribution is 8.13. The van der Waals surface area contributed by atoms with Gasteiger partial charge in [0.1, 0.15) is 0 Å². The molecule has 1 aliphatic rings. The minimum atomic E-state index is -3.47. The van der Waals surface area contributed by atoms with Crippen molar-refractivity contribution in [2.45, 2.75) is 51.6 Å². The monoisotopic (exact) mass is 312 g/mol. The van der Waals surface area contributed by atoms with E-state index in [2.05, 4.69) is 0 Å². The summed E-state index contributed by atoms with van der Waals surface area (Å²) in [5.41, 5.74) is -0.487. The molecule has 1 aliphatic carbocycles. The fourth-order valence-electron chi connectivity index (χ4n) is 2.53. The van der Waals surface area contributed by atoms with Gasteiger partial charge in [-0.2, -0.15) is 0 Å². The lowest BCUT2D eigenvalue weighted by Crippen LogP contribution is -2.32. The molecule has 0 saturated heterocycles. The highest BCUT2D eigenvalue weighted by Crippen LogP contribution is 2.40. The van der Waals surface area contributed by atoms with Crippen LogP contribution in [0.2, 0.25) is 0 Å². The van der Waals surface area contributed by atoms with Gasteiger partial charge in [0.15, 0.2) is 0 Å². The summed E-state index contributed by atoms with van der Waals surface area (Å²) in [4.78, 5) is 0. The third-order valence-corrected chi connectivity index (χ3v) is 5.24. The van der Waals surface area contributed by atoms with E-state index in [1.807, 2.05) is 13.8 Å². The van der Waals surface area contributed by atoms with E-state index in [1.54, 1.807) is 7.11 Å². The predicted octanol–water partition coefficient (Wildman–Crippen LogP) is 2.95. The lowest BCUT2D eigenvalue weighted by molar-refractivity contribution is -0.0219. The van der Waals surface area contributed by atoms with Gasteiger partial charge in [0.2, 0.25) is 9.05 Å². The molecule has 0 spiro atoms. The van der Waals surface area contributed by atoms with E-state index in [4.69, 9.17) is 20.2 Å². The second-order valence-electron chi connectivity index (χ2n) is 6.16. The Labute approximate surface area is 121 Å². The van der Waals surface area contributed by atoms with Crippen LogP contribution in [0.5, 0.6) is 0 Å². The summed E-state index contributed by atoms with van der Waals surface area (Å²) in [6, 6.07) is 0. The topological polar surface area (TPSA) is 52.6 Å². The van der Waals surface area contributed by atoms with Crippen molar-refractivity contribution < 1.29 is 17.9 Å². The smallest absolute Gasteiger partial charge is 0.233 e. The number of rotatable bonds is 8. The zero-order valence-electron chi connectivity index (χ0n) is 12.1. The van der Waals surface area contributed by atoms with Crippen LogP contribution in [0.1, 0.15) is 46.0 Å². The average molecular weight is 313 g/mol. The molecule has 0 heterocycles. The maximum absolute atomic E-state index is 11.3. The average Bonchev–Trinajstić information content (AvgIpc) is 2.71. The second-order valence-corrected chi connectivity index (χ2v) is 8.93. The van der Waals surface area contributed by atoms with Crippen LogP contribution in [0, 0.1) is 5.41 Å². The van der Waals surface area contributed by atoms with Gasteiger partial charge < -0.3 is 9.47 Å². The van der Waals surface area contributed by atoms with Crippen molar-refractivity contribution >= 4 is 19.7 Å². The molecule has 1 saturated carbocycles. The quantitative estimate of drug-likeness (QED) is 0.511. The van der Waals surface area contributed by atoms with Crippen molar-refractivity contribution in [2.24, 2.45) is 5.41 Å². The third kappa shape index (κ3) is 6.43. The Bertz CT molecular complexity index is 372. The number of halogens is 1. The number of hydrogen-bond donors (Lipinski definition) is 0. The Morgan fingerprint density at radius 2 is 1.84 bits per heavy atom. The van der Waals surface area contributed by atoms with Gasteiger partial charge in [0.05, 0.1) is 18.0 Å². The van der Waals surface area contributed by atoms with Gasteiger partial charge in [-0.25, -0.2) is 8.42 Å². The summed E-state index contributed by atoms with van der Waals surface area (Å²) in [5, 5.41) is 0. The Kier molecular flexibility index (Phi) is 6.11. The van der Waals surface area contributed by atoms with Crippen molar-refractivity contribution in [3.05, 3.63) is 0 Å². The molecule has 0 amide bonds. The lowest BCUT2D eigenvalue weighted by atomic mass is 9.90. The van der Waals surface area contributed by atoms with Gasteiger partial charge in [-0.15, -0.1) is 0 Å². The second kappa shape index (κ2) is 6.74. The molecule has 0 N–H and O–H groups in total. The summed E-state index contributed by atoms with van der Waals surface area (Å²) in [5.74, 6) is 0.0230. The first-order valence-corrected chi connectivity index (χ1v) is 9.21. The van der Waals surface area contributed by atoms with E-state index in [0.29, 0.717) is 13.2 Å². The standard InChI is InChI=1S/C13H25ClO4S/c1-12(2,17-3)8-9-18-10-13(6-4-5-7-13)11-19(14,15)16/h4-11H2,1-3H3. The van der Waals surface area contributed by atoms with E-state index >= 15 is 0 Å². The lowest BCUT2D eigenvalue weighted by Gasteiger charge is -2.28. The van der Waals surface area contributed by atoms with Gasteiger partial charge in [-0.05, 0) is 33.1 Å². The van der Waals surface area contributed by atoms with Crippen LogP contribution in [-0.4, -0.2) is 40.1 Å². The van der Waals surface area contributed by atoms with Crippen LogP contribution in [0.15, 0.2) is 0 Å². The van der Waals surface area contributed by atoms with E-state index < -0.39 is 9.05 Å². The molecule has 0 aliphatic heterocycles. The molecule has 1 rings (SSSR count). The largest absolute Gasteiger partial charge is 0.381 e. The Morgan fingerprint density at radius 1 is 1.26 bits per heavy atom. The number of ether oxygens (including phenoxy) is 2. The Balaban J connectivity index is 2.43. The Morgan fingerprint density at radius 3 is 2.32 bits per heavy atom. The van der Waals surface area contributed by atoms with Gasteiger partial charge >= 0.3 is 0 Å². The van der Waals surface area contributed by atoms with Crippen LogP contribution in [0.3, 0.4) is 0 Å². The van der Waals surface area contributed by atoms with Gasteiger partial charge in [0.25, 0.3) is 0 Å². The third-order valence-electron chi connectivity index (χ3n) is 3.95. The molecular formula is C13H25ClO4S. The number of methoxy groups -OCH3 is 1. The molecule has 6 heteroatoms. The van der Waals surface area contributed by atoms with Crippen molar-refractivity contribution in [1.82, 2.24) is 0 Å². The molecule has 0 radical (unpaired) electrons. The van der Waals surface area contributed by atoms with Crippen molar-refractivity contribution in [3.8, 4) is 0 Å². The summed E-state index contributed by atoms with van der Waals surface area (Å²) >= 11 is 0. The molecule has 4 nitrogen and oxygen atoms in total.